The van der Waals surface area contributed by atoms with Crippen LogP contribution in [-0.4, -0.2) is 19.0 Å². The molecule has 0 aromatic carbocycles. The summed E-state index contributed by atoms with van der Waals surface area (Å²) in [5.74, 6) is 0.233. The molecule has 0 saturated carbocycles. The summed E-state index contributed by atoms with van der Waals surface area (Å²) < 4.78 is 0. The van der Waals surface area contributed by atoms with Crippen LogP contribution in [0.4, 0.5) is 0 Å². The van der Waals surface area contributed by atoms with E-state index in [-0.39, 0.29) is 5.92 Å². The molecule has 2 atom stereocenters. The lowest BCUT2D eigenvalue weighted by Gasteiger charge is -2.20. The van der Waals surface area contributed by atoms with Crippen LogP contribution in [0.1, 0.15) is 12.8 Å². The average molecular weight is 152 g/mol. The summed E-state index contributed by atoms with van der Waals surface area (Å²) in [6.45, 7) is 0.849. The van der Waals surface area contributed by atoms with Gasteiger partial charge in [-0.2, -0.15) is 0 Å². The minimum atomic E-state index is 0.233. The fourth-order valence-electron chi connectivity index (χ4n) is 1.72. The van der Waals surface area contributed by atoms with E-state index in [1.807, 2.05) is 0 Å². The highest BCUT2D eigenvalue weighted by atomic mass is 16.1. The molecule has 0 spiro atoms. The molecule has 1 fully saturated rings. The Morgan fingerprint density at radius 2 is 2.55 bits per heavy atom. The standard InChI is InChI=1S/C8H12N2O/c11-4-6-1-2-7-8(3-6)10-5-9-7/h2,4,6,8-10H,1,3,5H2. The summed E-state index contributed by atoms with van der Waals surface area (Å²) >= 11 is 0. The lowest BCUT2D eigenvalue weighted by atomic mass is 9.91. The Hall–Kier alpha value is -0.830. The number of nitrogens with one attached hydrogen (secondary N) is 2. The first-order valence-electron chi connectivity index (χ1n) is 4.03. The van der Waals surface area contributed by atoms with Crippen molar-refractivity contribution in [1.29, 1.82) is 0 Å². The molecular formula is C8H12N2O. The second kappa shape index (κ2) is 2.66. The highest BCUT2D eigenvalue weighted by Gasteiger charge is 2.26. The molecule has 0 amide bonds. The third kappa shape index (κ3) is 1.16. The molecule has 1 aliphatic carbocycles. The molecule has 60 valence electrons. The van der Waals surface area contributed by atoms with E-state index < -0.39 is 0 Å². The predicted molar refractivity (Wildman–Crippen MR) is 41.8 cm³/mol. The van der Waals surface area contributed by atoms with Crippen LogP contribution in [0.5, 0.6) is 0 Å². The molecule has 2 rings (SSSR count). The number of carbonyl (C=O) groups is 1. The molecular weight excluding hydrogens is 140 g/mol. The fraction of sp³-hybridized carbons (Fsp3) is 0.625. The number of carbonyl (C=O) groups excluding carboxylic acids is 1. The zero-order chi connectivity index (χ0) is 7.68. The zero-order valence-electron chi connectivity index (χ0n) is 6.34. The summed E-state index contributed by atoms with van der Waals surface area (Å²) in [7, 11) is 0. The Morgan fingerprint density at radius 3 is 3.36 bits per heavy atom. The number of aldehydes is 1. The lowest BCUT2D eigenvalue weighted by molar-refractivity contribution is -0.111. The first-order valence-corrected chi connectivity index (χ1v) is 4.03. The molecule has 11 heavy (non-hydrogen) atoms. The minimum absolute atomic E-state index is 0.233. The molecule has 3 heteroatoms. The first-order chi connectivity index (χ1) is 5.40. The van der Waals surface area contributed by atoms with Gasteiger partial charge in [0.05, 0.1) is 6.67 Å². The van der Waals surface area contributed by atoms with Crippen LogP contribution in [0, 0.1) is 5.92 Å². The molecule has 1 heterocycles. The number of rotatable bonds is 1. The van der Waals surface area contributed by atoms with Crippen LogP contribution in [0.15, 0.2) is 11.8 Å². The van der Waals surface area contributed by atoms with Crippen molar-refractivity contribution >= 4 is 6.29 Å². The van der Waals surface area contributed by atoms with Gasteiger partial charge in [-0.15, -0.1) is 0 Å². The predicted octanol–water partition coefficient (Wildman–Crippen LogP) is -0.00190. The SMILES string of the molecule is O=CC1CC=C2NCNC2C1. The van der Waals surface area contributed by atoms with Crippen molar-refractivity contribution in [3.8, 4) is 0 Å². The molecule has 3 nitrogen and oxygen atoms in total. The van der Waals surface area contributed by atoms with Crippen molar-refractivity contribution in [3.63, 3.8) is 0 Å². The van der Waals surface area contributed by atoms with Crippen LogP contribution < -0.4 is 10.6 Å². The highest BCUT2D eigenvalue weighted by Crippen LogP contribution is 2.22. The van der Waals surface area contributed by atoms with Crippen molar-refractivity contribution in [2.75, 3.05) is 6.67 Å². The minimum Gasteiger partial charge on any atom is -0.375 e. The Morgan fingerprint density at radius 1 is 1.64 bits per heavy atom. The maximum absolute atomic E-state index is 10.5. The molecule has 2 aliphatic rings. The van der Waals surface area contributed by atoms with Gasteiger partial charge in [0.2, 0.25) is 0 Å². The van der Waals surface area contributed by atoms with Gasteiger partial charge in [0.1, 0.15) is 6.29 Å². The molecule has 0 aromatic rings. The van der Waals surface area contributed by atoms with Crippen molar-refractivity contribution in [2.45, 2.75) is 18.9 Å². The summed E-state index contributed by atoms with van der Waals surface area (Å²) in [6.07, 6.45) is 5.06. The normalized spacial score (nSPS) is 35.5. The first kappa shape index (κ1) is 6.85. The third-order valence-corrected chi connectivity index (χ3v) is 2.39. The highest BCUT2D eigenvalue weighted by molar-refractivity contribution is 5.55. The van der Waals surface area contributed by atoms with Crippen molar-refractivity contribution in [2.24, 2.45) is 5.92 Å². The van der Waals surface area contributed by atoms with E-state index in [9.17, 15) is 4.79 Å². The van der Waals surface area contributed by atoms with Crippen molar-refractivity contribution in [3.05, 3.63) is 11.8 Å². The van der Waals surface area contributed by atoms with Gasteiger partial charge in [-0.3, -0.25) is 5.32 Å². The van der Waals surface area contributed by atoms with Gasteiger partial charge in [0.25, 0.3) is 0 Å². The van der Waals surface area contributed by atoms with E-state index in [1.165, 1.54) is 5.70 Å². The van der Waals surface area contributed by atoms with Crippen LogP contribution in [-0.2, 0) is 4.79 Å². The Balaban J connectivity index is 2.10. The summed E-state index contributed by atoms with van der Waals surface area (Å²) in [5, 5.41) is 6.52. The fourth-order valence-corrected chi connectivity index (χ4v) is 1.72. The number of allylic oxidation sites excluding steroid dienone is 1. The van der Waals surface area contributed by atoms with Gasteiger partial charge in [-0.25, -0.2) is 0 Å². The smallest absolute Gasteiger partial charge is 0.123 e. The number of hydrogen-bond donors (Lipinski definition) is 2. The van der Waals surface area contributed by atoms with Gasteiger partial charge < -0.3 is 10.1 Å². The number of fused-ring (bicyclic) bond motifs is 1. The summed E-state index contributed by atoms with van der Waals surface area (Å²) in [6, 6.07) is 0.416. The lowest BCUT2D eigenvalue weighted by Crippen LogP contribution is -2.28. The average Bonchev–Trinajstić information content (AvgIpc) is 2.50. The third-order valence-electron chi connectivity index (χ3n) is 2.39. The molecule has 1 aliphatic heterocycles. The van der Waals surface area contributed by atoms with E-state index in [0.717, 1.165) is 25.8 Å². The van der Waals surface area contributed by atoms with E-state index in [2.05, 4.69) is 16.7 Å². The van der Waals surface area contributed by atoms with E-state index in [1.54, 1.807) is 0 Å². The number of hydrogen-bond acceptors (Lipinski definition) is 3. The van der Waals surface area contributed by atoms with Gasteiger partial charge >= 0.3 is 0 Å². The zero-order valence-corrected chi connectivity index (χ0v) is 6.34. The molecule has 0 bridgehead atoms. The largest absolute Gasteiger partial charge is 0.375 e. The topological polar surface area (TPSA) is 41.1 Å². The Kier molecular flexibility index (Phi) is 1.66. The summed E-state index contributed by atoms with van der Waals surface area (Å²) in [4.78, 5) is 10.5. The van der Waals surface area contributed by atoms with Crippen LogP contribution in [0.2, 0.25) is 0 Å². The van der Waals surface area contributed by atoms with Gasteiger partial charge in [-0.1, -0.05) is 6.08 Å². The van der Waals surface area contributed by atoms with Crippen LogP contribution >= 0.6 is 0 Å². The molecule has 1 saturated heterocycles. The molecule has 2 unspecified atom stereocenters. The molecule has 0 aromatic heterocycles. The Bertz CT molecular complexity index is 200. The van der Waals surface area contributed by atoms with E-state index in [4.69, 9.17) is 0 Å². The Labute approximate surface area is 65.9 Å². The van der Waals surface area contributed by atoms with Gasteiger partial charge in [0.15, 0.2) is 0 Å². The molecule has 0 radical (unpaired) electrons. The maximum atomic E-state index is 10.5. The maximum Gasteiger partial charge on any atom is 0.123 e. The molecule has 2 N–H and O–H groups in total. The van der Waals surface area contributed by atoms with E-state index in [0.29, 0.717) is 6.04 Å². The van der Waals surface area contributed by atoms with Gasteiger partial charge in [0, 0.05) is 17.7 Å². The van der Waals surface area contributed by atoms with Crippen LogP contribution in [0.25, 0.3) is 0 Å². The van der Waals surface area contributed by atoms with E-state index >= 15 is 0 Å². The second-order valence-electron chi connectivity index (χ2n) is 3.14. The van der Waals surface area contributed by atoms with Crippen molar-refractivity contribution in [1.82, 2.24) is 10.6 Å². The monoisotopic (exact) mass is 152 g/mol. The summed E-state index contributed by atoms with van der Waals surface area (Å²) in [5.41, 5.74) is 1.28. The quantitative estimate of drug-likeness (QED) is 0.519. The van der Waals surface area contributed by atoms with Crippen LogP contribution in [0.3, 0.4) is 0 Å². The van der Waals surface area contributed by atoms with Gasteiger partial charge in [-0.05, 0) is 12.8 Å². The second-order valence-corrected chi connectivity index (χ2v) is 3.14. The van der Waals surface area contributed by atoms with Crippen molar-refractivity contribution < 1.29 is 4.79 Å².